The van der Waals surface area contributed by atoms with E-state index >= 15 is 0 Å². The van der Waals surface area contributed by atoms with Crippen LogP contribution in [0.25, 0.3) is 0 Å². The molecule has 8 nitrogen and oxygen atoms in total. The number of pyridine rings is 1. The van der Waals surface area contributed by atoms with Gasteiger partial charge in [0.05, 0.1) is 17.3 Å². The molecule has 1 aliphatic heterocycles. The molecular formula is C22H26F3N4O4S-. The Morgan fingerprint density at radius 1 is 1.29 bits per heavy atom. The van der Waals surface area contributed by atoms with Gasteiger partial charge < -0.3 is 14.8 Å². The number of nitrogens with one attached hydrogen (secondary N) is 1. The SMILES string of the molecule is CC(C(=O)NCc1ccc(C(F)(F)F)nc1N1CCCC1)c1cccc(C(C)(N)OS(=O)[O-])c1. The van der Waals surface area contributed by atoms with Gasteiger partial charge in [0.1, 0.15) is 11.5 Å². The minimum absolute atomic E-state index is 0.00666. The van der Waals surface area contributed by atoms with Gasteiger partial charge in [0, 0.05) is 25.2 Å². The highest BCUT2D eigenvalue weighted by molar-refractivity contribution is 7.74. The van der Waals surface area contributed by atoms with Crippen molar-refractivity contribution in [3.05, 3.63) is 58.8 Å². The van der Waals surface area contributed by atoms with Crippen molar-refractivity contribution in [2.24, 2.45) is 5.73 Å². The summed E-state index contributed by atoms with van der Waals surface area (Å²) in [5.74, 6) is -0.786. The molecule has 1 fully saturated rings. The van der Waals surface area contributed by atoms with Gasteiger partial charge in [-0.15, -0.1) is 0 Å². The Hall–Kier alpha value is -2.54. The molecular weight excluding hydrogens is 473 g/mol. The third-order valence-corrected chi connectivity index (χ3v) is 6.18. The van der Waals surface area contributed by atoms with E-state index in [0.717, 1.165) is 18.9 Å². The fraction of sp³-hybridized carbons (Fsp3) is 0.455. The van der Waals surface area contributed by atoms with E-state index in [1.165, 1.54) is 13.0 Å². The number of rotatable bonds is 8. The van der Waals surface area contributed by atoms with Crippen molar-refractivity contribution in [1.82, 2.24) is 10.3 Å². The van der Waals surface area contributed by atoms with Gasteiger partial charge in [0.2, 0.25) is 5.91 Å². The maximum atomic E-state index is 13.2. The smallest absolute Gasteiger partial charge is 0.433 e. The van der Waals surface area contributed by atoms with Crippen LogP contribution in [0.3, 0.4) is 0 Å². The monoisotopic (exact) mass is 499 g/mol. The van der Waals surface area contributed by atoms with Crippen molar-refractivity contribution in [2.45, 2.75) is 51.1 Å². The lowest BCUT2D eigenvalue weighted by atomic mass is 9.95. The molecule has 1 amide bonds. The third kappa shape index (κ3) is 6.32. The van der Waals surface area contributed by atoms with Crippen LogP contribution in [-0.2, 0) is 38.8 Å². The average Bonchev–Trinajstić information content (AvgIpc) is 3.30. The van der Waals surface area contributed by atoms with Gasteiger partial charge >= 0.3 is 6.18 Å². The molecule has 1 aromatic heterocycles. The Bertz CT molecular complexity index is 1060. The minimum Gasteiger partial charge on any atom is -0.750 e. The molecule has 2 aromatic rings. The first-order valence-electron chi connectivity index (χ1n) is 10.7. The fourth-order valence-electron chi connectivity index (χ4n) is 3.77. The summed E-state index contributed by atoms with van der Waals surface area (Å²) in [6.07, 6.45) is -2.84. The molecule has 0 radical (unpaired) electrons. The van der Waals surface area contributed by atoms with Crippen LogP contribution < -0.4 is 16.0 Å². The molecule has 34 heavy (non-hydrogen) atoms. The number of nitrogens with two attached hydrogens (primary N) is 1. The summed E-state index contributed by atoms with van der Waals surface area (Å²) in [4.78, 5) is 18.5. The predicted octanol–water partition coefficient (Wildman–Crippen LogP) is 3.06. The first-order valence-corrected chi connectivity index (χ1v) is 11.7. The van der Waals surface area contributed by atoms with Crippen molar-refractivity contribution in [2.75, 3.05) is 18.0 Å². The zero-order chi connectivity index (χ0) is 25.1. The van der Waals surface area contributed by atoms with Crippen molar-refractivity contribution in [3.63, 3.8) is 0 Å². The Kier molecular flexibility index (Phi) is 7.96. The highest BCUT2D eigenvalue weighted by atomic mass is 32.2. The summed E-state index contributed by atoms with van der Waals surface area (Å²) in [7, 11) is 0. The van der Waals surface area contributed by atoms with E-state index in [1.54, 1.807) is 36.1 Å². The van der Waals surface area contributed by atoms with Crippen LogP contribution in [0.4, 0.5) is 19.0 Å². The van der Waals surface area contributed by atoms with E-state index in [0.29, 0.717) is 29.8 Å². The zero-order valence-corrected chi connectivity index (χ0v) is 19.5. The molecule has 2 heterocycles. The Morgan fingerprint density at radius 2 is 1.97 bits per heavy atom. The van der Waals surface area contributed by atoms with Crippen LogP contribution in [0, 0.1) is 0 Å². The first-order chi connectivity index (χ1) is 15.9. The fourth-order valence-corrected chi connectivity index (χ4v) is 4.15. The number of alkyl halides is 3. The number of nitrogens with zero attached hydrogens (tertiary/aromatic N) is 2. The van der Waals surface area contributed by atoms with Gasteiger partial charge in [-0.3, -0.25) is 14.7 Å². The minimum atomic E-state index is -4.56. The summed E-state index contributed by atoms with van der Waals surface area (Å²) >= 11 is -2.83. The van der Waals surface area contributed by atoms with Crippen LogP contribution in [0.2, 0.25) is 0 Å². The van der Waals surface area contributed by atoms with E-state index < -0.39 is 34.9 Å². The van der Waals surface area contributed by atoms with E-state index in [1.807, 2.05) is 0 Å². The predicted molar refractivity (Wildman–Crippen MR) is 119 cm³/mol. The number of benzene rings is 1. The molecule has 186 valence electrons. The number of amides is 1. The van der Waals surface area contributed by atoms with Crippen LogP contribution in [0.1, 0.15) is 55.0 Å². The first kappa shape index (κ1) is 26.1. The lowest BCUT2D eigenvalue weighted by Gasteiger charge is -2.27. The third-order valence-electron chi connectivity index (χ3n) is 5.70. The lowest BCUT2D eigenvalue weighted by Crippen LogP contribution is -2.37. The summed E-state index contributed by atoms with van der Waals surface area (Å²) in [6, 6.07) is 8.73. The summed E-state index contributed by atoms with van der Waals surface area (Å²) in [5.41, 5.74) is 4.76. The summed E-state index contributed by atoms with van der Waals surface area (Å²) in [5, 5.41) is 2.76. The molecule has 3 rings (SSSR count). The van der Waals surface area contributed by atoms with Crippen molar-refractivity contribution in [3.8, 4) is 0 Å². The molecule has 1 aromatic carbocycles. The second kappa shape index (κ2) is 10.4. The quantitative estimate of drug-likeness (QED) is 0.423. The number of aromatic nitrogens is 1. The molecule has 0 aliphatic carbocycles. The molecule has 12 heteroatoms. The van der Waals surface area contributed by atoms with Crippen LogP contribution in [0.5, 0.6) is 0 Å². The Labute approximate surface area is 198 Å². The number of halogens is 3. The van der Waals surface area contributed by atoms with Crippen LogP contribution in [-0.4, -0.2) is 32.7 Å². The van der Waals surface area contributed by atoms with Gasteiger partial charge in [0.15, 0.2) is 5.72 Å². The second-order valence-corrected chi connectivity index (χ2v) is 8.91. The van der Waals surface area contributed by atoms with E-state index in [-0.39, 0.29) is 18.3 Å². The van der Waals surface area contributed by atoms with E-state index in [2.05, 4.69) is 10.3 Å². The van der Waals surface area contributed by atoms with Crippen LogP contribution >= 0.6 is 0 Å². The molecule has 1 aliphatic rings. The normalized spacial score (nSPS) is 17.8. The Morgan fingerprint density at radius 3 is 2.59 bits per heavy atom. The zero-order valence-electron chi connectivity index (χ0n) is 18.7. The number of carbonyl (C=O) groups is 1. The second-order valence-electron chi connectivity index (χ2n) is 8.33. The maximum absolute atomic E-state index is 13.2. The molecule has 1 saturated heterocycles. The lowest BCUT2D eigenvalue weighted by molar-refractivity contribution is -0.141. The molecule has 0 saturated carbocycles. The van der Waals surface area contributed by atoms with Gasteiger partial charge in [-0.2, -0.15) is 13.2 Å². The summed E-state index contributed by atoms with van der Waals surface area (Å²) < 4.78 is 66.0. The van der Waals surface area contributed by atoms with Crippen molar-refractivity contribution < 1.29 is 30.9 Å². The van der Waals surface area contributed by atoms with E-state index in [4.69, 9.17) is 9.92 Å². The topological polar surface area (TPSA) is 121 Å². The average molecular weight is 500 g/mol. The number of anilines is 1. The highest BCUT2D eigenvalue weighted by Crippen LogP contribution is 2.32. The number of hydrogen-bond acceptors (Lipinski definition) is 7. The van der Waals surface area contributed by atoms with Gasteiger partial charge in [-0.25, -0.2) is 9.19 Å². The van der Waals surface area contributed by atoms with Crippen LogP contribution in [0.15, 0.2) is 36.4 Å². The molecule has 3 atom stereocenters. The largest absolute Gasteiger partial charge is 0.750 e. The highest BCUT2D eigenvalue weighted by Gasteiger charge is 2.34. The van der Waals surface area contributed by atoms with Crippen molar-refractivity contribution >= 4 is 23.1 Å². The number of carbonyl (C=O) groups excluding carboxylic acids is 1. The number of hydrogen-bond donors (Lipinski definition) is 2. The Balaban J connectivity index is 1.76. The summed E-state index contributed by atoms with van der Waals surface area (Å²) in [6.45, 7) is 4.25. The maximum Gasteiger partial charge on any atom is 0.433 e. The molecule has 3 unspecified atom stereocenters. The van der Waals surface area contributed by atoms with Gasteiger partial charge in [-0.05, 0) is 43.9 Å². The van der Waals surface area contributed by atoms with Gasteiger partial charge in [0.25, 0.3) is 0 Å². The van der Waals surface area contributed by atoms with E-state index in [9.17, 15) is 26.7 Å². The standard InChI is InChI=1S/C22H27F3N4O4S/c1-14(15-6-5-7-17(12-15)21(2,26)33-34(31)32)20(30)27-13-16-8-9-18(22(23,24)25)28-19(16)29-10-3-4-11-29/h5-9,12,14H,3-4,10-11,13,26H2,1-2H3,(H,27,30)(H,31,32)/p-1. The molecule has 3 N–H and O–H groups in total. The molecule has 0 bridgehead atoms. The molecule has 0 spiro atoms. The van der Waals surface area contributed by atoms with Gasteiger partial charge in [-0.1, -0.05) is 30.3 Å². The van der Waals surface area contributed by atoms with Crippen molar-refractivity contribution in [1.29, 1.82) is 0 Å².